The van der Waals surface area contributed by atoms with Crippen LogP contribution in [0.2, 0.25) is 0 Å². The summed E-state index contributed by atoms with van der Waals surface area (Å²) in [6.45, 7) is -0.119. The third kappa shape index (κ3) is 2.31. The van der Waals surface area contributed by atoms with Crippen molar-refractivity contribution in [1.82, 2.24) is 4.98 Å². The van der Waals surface area contributed by atoms with Gasteiger partial charge >= 0.3 is 0 Å². The van der Waals surface area contributed by atoms with E-state index in [0.717, 1.165) is 16.7 Å². The SMILES string of the molecule is O=S(=O)(Nc1cccc2cc(CO)[nH]c12)c1cccs1. The summed E-state index contributed by atoms with van der Waals surface area (Å²) in [7, 11) is -3.57. The predicted octanol–water partition coefficient (Wildman–Crippen LogP) is 2.52. The first-order valence-electron chi connectivity index (χ1n) is 5.88. The first kappa shape index (κ1) is 13.2. The van der Waals surface area contributed by atoms with E-state index >= 15 is 0 Å². The number of fused-ring (bicyclic) bond motifs is 1. The number of aliphatic hydroxyl groups is 1. The van der Waals surface area contributed by atoms with Crippen molar-refractivity contribution in [3.05, 3.63) is 47.5 Å². The molecule has 0 bridgehead atoms. The number of hydrogen-bond donors (Lipinski definition) is 3. The van der Waals surface area contributed by atoms with Crippen LogP contribution in [-0.2, 0) is 16.6 Å². The van der Waals surface area contributed by atoms with Crippen LogP contribution in [0.15, 0.2) is 46.0 Å². The Morgan fingerprint density at radius 3 is 2.80 bits per heavy atom. The molecular weight excluding hydrogens is 296 g/mol. The quantitative estimate of drug-likeness (QED) is 0.692. The fraction of sp³-hybridized carbons (Fsp3) is 0.0769. The summed E-state index contributed by atoms with van der Waals surface area (Å²) in [5.74, 6) is 0. The summed E-state index contributed by atoms with van der Waals surface area (Å²) in [6.07, 6.45) is 0. The van der Waals surface area contributed by atoms with Gasteiger partial charge in [0.05, 0.1) is 17.8 Å². The van der Waals surface area contributed by atoms with Gasteiger partial charge in [-0.2, -0.15) is 0 Å². The highest BCUT2D eigenvalue weighted by molar-refractivity contribution is 7.94. The van der Waals surface area contributed by atoms with Gasteiger partial charge in [0.2, 0.25) is 0 Å². The number of anilines is 1. The smallest absolute Gasteiger partial charge is 0.271 e. The number of benzene rings is 1. The number of thiophene rings is 1. The molecule has 2 heterocycles. The van der Waals surface area contributed by atoms with E-state index in [9.17, 15) is 8.42 Å². The third-order valence-corrected chi connectivity index (χ3v) is 5.65. The number of aliphatic hydroxyl groups excluding tert-OH is 1. The minimum atomic E-state index is -3.57. The van der Waals surface area contributed by atoms with Crippen LogP contribution in [-0.4, -0.2) is 18.5 Å². The van der Waals surface area contributed by atoms with E-state index in [1.807, 2.05) is 6.07 Å². The van der Waals surface area contributed by atoms with Crippen LogP contribution in [0, 0.1) is 0 Å². The number of aromatic nitrogens is 1. The maximum atomic E-state index is 12.2. The Morgan fingerprint density at radius 1 is 1.25 bits per heavy atom. The van der Waals surface area contributed by atoms with Gasteiger partial charge in [-0.15, -0.1) is 11.3 Å². The topological polar surface area (TPSA) is 82.2 Å². The number of sulfonamides is 1. The lowest BCUT2D eigenvalue weighted by Crippen LogP contribution is -2.11. The largest absolute Gasteiger partial charge is 0.390 e. The number of rotatable bonds is 4. The van der Waals surface area contributed by atoms with Crippen molar-refractivity contribution in [2.75, 3.05) is 4.72 Å². The van der Waals surface area contributed by atoms with Crippen LogP contribution >= 0.6 is 11.3 Å². The second kappa shape index (κ2) is 4.93. The highest BCUT2D eigenvalue weighted by atomic mass is 32.2. The molecule has 3 rings (SSSR count). The van der Waals surface area contributed by atoms with Gasteiger partial charge in [-0.3, -0.25) is 4.72 Å². The molecule has 0 atom stereocenters. The maximum Gasteiger partial charge on any atom is 0.271 e. The number of nitrogens with one attached hydrogen (secondary N) is 2. The average Bonchev–Trinajstić information content (AvgIpc) is 3.08. The first-order valence-corrected chi connectivity index (χ1v) is 8.24. The van der Waals surface area contributed by atoms with Crippen molar-refractivity contribution in [1.29, 1.82) is 0 Å². The van der Waals surface area contributed by atoms with Crippen LogP contribution in [0.3, 0.4) is 0 Å². The monoisotopic (exact) mass is 308 g/mol. The van der Waals surface area contributed by atoms with Gasteiger partial charge in [-0.05, 0) is 23.6 Å². The maximum absolute atomic E-state index is 12.2. The normalized spacial score (nSPS) is 11.8. The zero-order valence-corrected chi connectivity index (χ0v) is 12.0. The van der Waals surface area contributed by atoms with Crippen LogP contribution < -0.4 is 4.72 Å². The molecule has 0 amide bonds. The van der Waals surface area contributed by atoms with E-state index in [4.69, 9.17) is 5.11 Å². The summed E-state index contributed by atoms with van der Waals surface area (Å²) in [4.78, 5) is 3.01. The molecule has 1 aromatic carbocycles. The first-order chi connectivity index (χ1) is 9.60. The summed E-state index contributed by atoms with van der Waals surface area (Å²) < 4.78 is 27.3. The van der Waals surface area contributed by atoms with Crippen LogP contribution in [0.4, 0.5) is 5.69 Å². The van der Waals surface area contributed by atoms with Gasteiger partial charge in [0.15, 0.2) is 0 Å². The van der Waals surface area contributed by atoms with Crippen LogP contribution in [0.1, 0.15) is 5.69 Å². The lowest BCUT2D eigenvalue weighted by Gasteiger charge is -2.07. The highest BCUT2D eigenvalue weighted by Gasteiger charge is 2.17. The van der Waals surface area contributed by atoms with E-state index in [0.29, 0.717) is 16.9 Å². The molecular formula is C13H12N2O3S2. The van der Waals surface area contributed by atoms with E-state index in [-0.39, 0.29) is 10.8 Å². The van der Waals surface area contributed by atoms with Crippen molar-refractivity contribution in [2.45, 2.75) is 10.8 Å². The van der Waals surface area contributed by atoms with E-state index in [1.54, 1.807) is 35.7 Å². The average molecular weight is 308 g/mol. The predicted molar refractivity (Wildman–Crippen MR) is 79.3 cm³/mol. The molecule has 3 N–H and O–H groups in total. The van der Waals surface area contributed by atoms with E-state index in [1.165, 1.54) is 0 Å². The molecule has 0 fully saturated rings. The summed E-state index contributed by atoms with van der Waals surface area (Å²) in [6, 6.07) is 10.3. The highest BCUT2D eigenvalue weighted by Crippen LogP contribution is 2.27. The Kier molecular flexibility index (Phi) is 3.25. The second-order valence-corrected chi connectivity index (χ2v) is 7.12. The number of aromatic amines is 1. The van der Waals surface area contributed by atoms with Gasteiger partial charge in [-0.1, -0.05) is 18.2 Å². The van der Waals surface area contributed by atoms with Crippen LogP contribution in [0.5, 0.6) is 0 Å². The van der Waals surface area contributed by atoms with Crippen molar-refractivity contribution in [3.63, 3.8) is 0 Å². The molecule has 0 spiro atoms. The van der Waals surface area contributed by atoms with E-state index in [2.05, 4.69) is 9.71 Å². The summed E-state index contributed by atoms with van der Waals surface area (Å²) in [5.41, 5.74) is 1.77. The molecule has 0 radical (unpaired) electrons. The van der Waals surface area contributed by atoms with Crippen molar-refractivity contribution >= 4 is 38.0 Å². The van der Waals surface area contributed by atoms with E-state index < -0.39 is 10.0 Å². The zero-order chi connectivity index (χ0) is 14.2. The molecule has 20 heavy (non-hydrogen) atoms. The number of hydrogen-bond acceptors (Lipinski definition) is 4. The number of H-pyrrole nitrogens is 1. The molecule has 3 aromatic rings. The molecule has 2 aromatic heterocycles. The molecule has 0 aliphatic heterocycles. The fourth-order valence-electron chi connectivity index (χ4n) is 2.00. The minimum Gasteiger partial charge on any atom is -0.390 e. The molecule has 5 nitrogen and oxygen atoms in total. The Bertz CT molecular complexity index is 836. The van der Waals surface area contributed by atoms with Crippen molar-refractivity contribution < 1.29 is 13.5 Å². The molecule has 0 aliphatic rings. The van der Waals surface area contributed by atoms with Gasteiger partial charge in [0, 0.05) is 11.1 Å². The molecule has 0 saturated carbocycles. The van der Waals surface area contributed by atoms with Crippen LogP contribution in [0.25, 0.3) is 10.9 Å². The number of para-hydroxylation sites is 1. The lowest BCUT2D eigenvalue weighted by molar-refractivity contribution is 0.278. The second-order valence-electron chi connectivity index (χ2n) is 4.26. The molecule has 0 aliphatic carbocycles. The van der Waals surface area contributed by atoms with Gasteiger partial charge in [0.25, 0.3) is 10.0 Å². The van der Waals surface area contributed by atoms with Crippen molar-refractivity contribution in [2.24, 2.45) is 0 Å². The van der Waals surface area contributed by atoms with Gasteiger partial charge in [0.1, 0.15) is 4.21 Å². The Hall–Kier alpha value is -1.83. The fourth-order valence-corrected chi connectivity index (χ4v) is 4.06. The molecule has 104 valence electrons. The summed E-state index contributed by atoms with van der Waals surface area (Å²) in [5, 5.41) is 11.7. The van der Waals surface area contributed by atoms with Gasteiger partial charge < -0.3 is 10.1 Å². The lowest BCUT2D eigenvalue weighted by atomic mass is 10.2. The van der Waals surface area contributed by atoms with Gasteiger partial charge in [-0.25, -0.2) is 8.42 Å². The standard InChI is InChI=1S/C13H12N2O3S2/c16-8-10-7-9-3-1-4-11(13(9)14-10)15-20(17,18)12-5-2-6-19-12/h1-7,14-16H,8H2. The summed E-state index contributed by atoms with van der Waals surface area (Å²) >= 11 is 1.16. The zero-order valence-electron chi connectivity index (χ0n) is 10.3. The Balaban J connectivity index is 2.05. The molecule has 0 unspecified atom stereocenters. The third-order valence-electron chi connectivity index (χ3n) is 2.89. The molecule has 0 saturated heterocycles. The minimum absolute atomic E-state index is 0.119. The molecule has 7 heteroatoms. The van der Waals surface area contributed by atoms with Crippen molar-refractivity contribution in [3.8, 4) is 0 Å². The Morgan fingerprint density at radius 2 is 2.10 bits per heavy atom. The Labute approximate surface area is 119 Å².